The van der Waals surface area contributed by atoms with Gasteiger partial charge in [-0.3, -0.25) is 4.79 Å². The van der Waals surface area contributed by atoms with E-state index in [0.717, 1.165) is 0 Å². The zero-order valence-corrected chi connectivity index (χ0v) is 11.8. The Morgan fingerprint density at radius 2 is 1.95 bits per heavy atom. The van der Waals surface area contributed by atoms with Gasteiger partial charge in [0.15, 0.2) is 0 Å². The first-order valence-corrected chi connectivity index (χ1v) is 6.57. The molecule has 20 heavy (non-hydrogen) atoms. The summed E-state index contributed by atoms with van der Waals surface area (Å²) in [5.74, 6) is 0.342. The minimum atomic E-state index is -0.242. The highest BCUT2D eigenvalue weighted by Crippen LogP contribution is 2.28. The van der Waals surface area contributed by atoms with Gasteiger partial charge in [-0.25, -0.2) is 0 Å². The lowest BCUT2D eigenvalue weighted by atomic mass is 10.2. The van der Waals surface area contributed by atoms with Gasteiger partial charge < -0.3 is 15.8 Å². The minimum absolute atomic E-state index is 0.242. The van der Waals surface area contributed by atoms with Crippen molar-refractivity contribution in [1.29, 1.82) is 0 Å². The van der Waals surface area contributed by atoms with Crippen molar-refractivity contribution in [1.82, 2.24) is 0 Å². The molecule has 3 N–H and O–H groups in total. The number of rotatable bonds is 4. The molecule has 0 spiro atoms. The van der Waals surface area contributed by atoms with E-state index in [9.17, 15) is 4.79 Å². The number of anilines is 2. The second-order valence-corrected chi connectivity index (χ2v) is 4.59. The first-order chi connectivity index (χ1) is 9.60. The molecule has 104 valence electrons. The summed E-state index contributed by atoms with van der Waals surface area (Å²) in [5.41, 5.74) is 7.26. The molecule has 4 nitrogen and oxygen atoms in total. The number of benzene rings is 2. The Bertz CT molecular complexity index is 612. The van der Waals surface area contributed by atoms with Gasteiger partial charge in [0, 0.05) is 16.3 Å². The average molecular weight is 291 g/mol. The van der Waals surface area contributed by atoms with Crippen LogP contribution >= 0.6 is 11.6 Å². The summed E-state index contributed by atoms with van der Waals surface area (Å²) in [5, 5.41) is 3.31. The average Bonchev–Trinajstić information content (AvgIpc) is 2.42. The van der Waals surface area contributed by atoms with E-state index >= 15 is 0 Å². The molecule has 0 saturated heterocycles. The summed E-state index contributed by atoms with van der Waals surface area (Å²) in [7, 11) is 0. The van der Waals surface area contributed by atoms with Crippen LogP contribution in [0.2, 0.25) is 5.02 Å². The molecule has 2 rings (SSSR count). The molecule has 0 radical (unpaired) electrons. The van der Waals surface area contributed by atoms with E-state index in [1.54, 1.807) is 42.5 Å². The van der Waals surface area contributed by atoms with Crippen LogP contribution in [0.5, 0.6) is 5.75 Å². The van der Waals surface area contributed by atoms with Crippen molar-refractivity contribution in [2.45, 2.75) is 6.92 Å². The highest BCUT2D eigenvalue weighted by molar-refractivity contribution is 6.31. The van der Waals surface area contributed by atoms with E-state index in [0.29, 0.717) is 34.3 Å². The second kappa shape index (κ2) is 6.30. The molecule has 2 aromatic carbocycles. The summed E-state index contributed by atoms with van der Waals surface area (Å²) in [4.78, 5) is 12.1. The number of hydrogen-bond acceptors (Lipinski definition) is 3. The van der Waals surface area contributed by atoms with Gasteiger partial charge in [-0.1, -0.05) is 11.6 Å². The van der Waals surface area contributed by atoms with E-state index in [4.69, 9.17) is 22.1 Å². The molecule has 0 aromatic heterocycles. The topological polar surface area (TPSA) is 64.3 Å². The number of amides is 1. The van der Waals surface area contributed by atoms with Crippen LogP contribution in [0.15, 0.2) is 42.5 Å². The van der Waals surface area contributed by atoms with E-state index < -0.39 is 0 Å². The number of hydrogen-bond donors (Lipinski definition) is 2. The van der Waals surface area contributed by atoms with Crippen molar-refractivity contribution >= 4 is 28.9 Å². The van der Waals surface area contributed by atoms with Gasteiger partial charge in [0.05, 0.1) is 12.3 Å². The molecule has 0 unspecified atom stereocenters. The third-order valence-corrected chi connectivity index (χ3v) is 2.90. The zero-order chi connectivity index (χ0) is 14.5. The number of carbonyl (C=O) groups is 1. The van der Waals surface area contributed by atoms with Crippen LogP contribution in [-0.4, -0.2) is 12.5 Å². The van der Waals surface area contributed by atoms with Crippen LogP contribution in [0.25, 0.3) is 0 Å². The maximum Gasteiger partial charge on any atom is 0.255 e. The SMILES string of the molecule is CCOc1ccc(Cl)cc1NC(=O)c1ccc(N)cc1. The van der Waals surface area contributed by atoms with E-state index in [-0.39, 0.29) is 5.91 Å². The summed E-state index contributed by atoms with van der Waals surface area (Å²) in [6.07, 6.45) is 0. The smallest absolute Gasteiger partial charge is 0.255 e. The second-order valence-electron chi connectivity index (χ2n) is 4.15. The van der Waals surface area contributed by atoms with Gasteiger partial charge in [-0.2, -0.15) is 0 Å². The minimum Gasteiger partial charge on any atom is -0.492 e. The molecular weight excluding hydrogens is 276 g/mol. The lowest BCUT2D eigenvalue weighted by molar-refractivity contribution is 0.102. The highest BCUT2D eigenvalue weighted by Gasteiger charge is 2.10. The molecule has 0 bridgehead atoms. The quantitative estimate of drug-likeness (QED) is 0.846. The molecular formula is C15H15ClN2O2. The molecule has 0 fully saturated rings. The lowest BCUT2D eigenvalue weighted by Crippen LogP contribution is -2.13. The van der Waals surface area contributed by atoms with E-state index in [1.165, 1.54) is 0 Å². The number of ether oxygens (including phenoxy) is 1. The first-order valence-electron chi connectivity index (χ1n) is 6.19. The Balaban J connectivity index is 2.22. The molecule has 5 heteroatoms. The molecule has 0 saturated carbocycles. The summed E-state index contributed by atoms with van der Waals surface area (Å²) < 4.78 is 5.45. The van der Waals surface area contributed by atoms with Gasteiger partial charge >= 0.3 is 0 Å². The fourth-order valence-electron chi connectivity index (χ4n) is 1.71. The number of nitrogens with one attached hydrogen (secondary N) is 1. The molecule has 0 aliphatic carbocycles. The molecule has 0 atom stereocenters. The van der Waals surface area contributed by atoms with E-state index in [1.807, 2.05) is 6.92 Å². The maximum absolute atomic E-state index is 12.1. The highest BCUT2D eigenvalue weighted by atomic mass is 35.5. The predicted octanol–water partition coefficient (Wildman–Crippen LogP) is 3.57. The Morgan fingerprint density at radius 3 is 2.60 bits per heavy atom. The number of nitrogen functional groups attached to an aromatic ring is 1. The number of nitrogens with two attached hydrogens (primary N) is 1. The van der Waals surface area contributed by atoms with Crippen molar-refractivity contribution in [2.24, 2.45) is 0 Å². The maximum atomic E-state index is 12.1. The van der Waals surface area contributed by atoms with Crippen LogP contribution in [0, 0.1) is 0 Å². The fourth-order valence-corrected chi connectivity index (χ4v) is 1.88. The lowest BCUT2D eigenvalue weighted by Gasteiger charge is -2.12. The number of carbonyl (C=O) groups excluding carboxylic acids is 1. The van der Waals surface area contributed by atoms with Gasteiger partial charge in [-0.15, -0.1) is 0 Å². The fraction of sp³-hybridized carbons (Fsp3) is 0.133. The third-order valence-electron chi connectivity index (χ3n) is 2.66. The molecule has 2 aromatic rings. The standard InChI is InChI=1S/C15H15ClN2O2/c1-2-20-14-8-5-11(16)9-13(14)18-15(19)10-3-6-12(17)7-4-10/h3-9H,2,17H2,1H3,(H,18,19). The van der Waals surface area contributed by atoms with Gasteiger partial charge in [0.25, 0.3) is 5.91 Å². The number of halogens is 1. The van der Waals surface area contributed by atoms with Crippen molar-refractivity contribution in [2.75, 3.05) is 17.7 Å². The summed E-state index contributed by atoms with van der Waals surface area (Å²) >= 11 is 5.94. The van der Waals surface area contributed by atoms with Crippen LogP contribution in [0.3, 0.4) is 0 Å². The first kappa shape index (κ1) is 14.2. The predicted molar refractivity (Wildman–Crippen MR) is 81.4 cm³/mol. The molecule has 0 aliphatic rings. The van der Waals surface area contributed by atoms with Crippen molar-refractivity contribution in [3.8, 4) is 5.75 Å². The Morgan fingerprint density at radius 1 is 1.25 bits per heavy atom. The van der Waals surface area contributed by atoms with Crippen molar-refractivity contribution < 1.29 is 9.53 Å². The van der Waals surface area contributed by atoms with Crippen LogP contribution in [-0.2, 0) is 0 Å². The van der Waals surface area contributed by atoms with Gasteiger partial charge in [0.2, 0.25) is 0 Å². The monoisotopic (exact) mass is 290 g/mol. The molecule has 1 amide bonds. The Hall–Kier alpha value is -2.20. The van der Waals surface area contributed by atoms with Gasteiger partial charge in [-0.05, 0) is 49.4 Å². The third kappa shape index (κ3) is 3.42. The van der Waals surface area contributed by atoms with E-state index in [2.05, 4.69) is 5.32 Å². The summed E-state index contributed by atoms with van der Waals surface area (Å²) in [6.45, 7) is 2.38. The molecule has 0 aliphatic heterocycles. The summed E-state index contributed by atoms with van der Waals surface area (Å²) in [6, 6.07) is 11.8. The van der Waals surface area contributed by atoms with Crippen LogP contribution in [0.1, 0.15) is 17.3 Å². The van der Waals surface area contributed by atoms with Crippen molar-refractivity contribution in [3.63, 3.8) is 0 Å². The Labute approximate surface area is 122 Å². The largest absolute Gasteiger partial charge is 0.492 e. The molecule has 0 heterocycles. The van der Waals surface area contributed by atoms with Crippen LogP contribution in [0.4, 0.5) is 11.4 Å². The zero-order valence-electron chi connectivity index (χ0n) is 11.0. The normalized spacial score (nSPS) is 10.1. The Kier molecular flexibility index (Phi) is 4.48. The van der Waals surface area contributed by atoms with Crippen LogP contribution < -0.4 is 15.8 Å². The van der Waals surface area contributed by atoms with Crippen molar-refractivity contribution in [3.05, 3.63) is 53.1 Å². The van der Waals surface area contributed by atoms with Gasteiger partial charge in [0.1, 0.15) is 5.75 Å².